The molecule has 0 N–H and O–H groups in total. The molecule has 6 nitrogen and oxygen atoms in total. The summed E-state index contributed by atoms with van der Waals surface area (Å²) >= 11 is 5.76. The lowest BCUT2D eigenvalue weighted by Gasteiger charge is -2.11. The summed E-state index contributed by atoms with van der Waals surface area (Å²) < 4.78 is 23.1. The van der Waals surface area contributed by atoms with Crippen molar-refractivity contribution < 1.29 is 13.2 Å². The van der Waals surface area contributed by atoms with Gasteiger partial charge in [-0.2, -0.15) is 0 Å². The van der Waals surface area contributed by atoms with Crippen LogP contribution >= 0.6 is 11.6 Å². The van der Waals surface area contributed by atoms with Crippen LogP contribution in [0.5, 0.6) is 0 Å². The van der Waals surface area contributed by atoms with Crippen molar-refractivity contribution in [3.63, 3.8) is 0 Å². The molecule has 0 saturated heterocycles. The molecule has 1 heterocycles. The fourth-order valence-corrected chi connectivity index (χ4v) is 1.87. The third-order valence-corrected chi connectivity index (χ3v) is 3.78. The molecule has 1 aromatic heterocycles. The molecule has 94 valence electrons. The second-order valence-electron chi connectivity index (χ2n) is 3.45. The molecule has 0 aliphatic carbocycles. The van der Waals surface area contributed by atoms with Crippen molar-refractivity contribution in [1.82, 2.24) is 14.9 Å². The number of aromatic nitrogens is 2. The molecule has 8 heteroatoms. The van der Waals surface area contributed by atoms with Gasteiger partial charge in [-0.15, -0.1) is 0 Å². The molecular weight excluding hydrogens is 266 g/mol. The lowest BCUT2D eigenvalue weighted by molar-refractivity contribution is 0.0821. The fraction of sp³-hybridized carbons (Fsp3) is 0.444. The third kappa shape index (κ3) is 2.92. The molecule has 1 aromatic rings. The maximum Gasteiger partial charge on any atom is 0.273 e. The summed E-state index contributed by atoms with van der Waals surface area (Å²) in [6.07, 6.45) is 1.12. The van der Waals surface area contributed by atoms with Gasteiger partial charge in [-0.1, -0.05) is 18.5 Å². The van der Waals surface area contributed by atoms with Crippen LogP contribution in [0.15, 0.2) is 11.4 Å². The summed E-state index contributed by atoms with van der Waals surface area (Å²) in [5.74, 6) is -0.602. The first kappa shape index (κ1) is 13.9. The highest BCUT2D eigenvalue weighted by Crippen LogP contribution is 2.16. The van der Waals surface area contributed by atoms with Gasteiger partial charge in [-0.25, -0.2) is 18.4 Å². The Bertz CT molecular complexity index is 542. The average molecular weight is 278 g/mol. The molecule has 1 rings (SSSR count). The quantitative estimate of drug-likeness (QED) is 0.757. The van der Waals surface area contributed by atoms with Crippen LogP contribution < -0.4 is 0 Å². The number of rotatable bonds is 3. The van der Waals surface area contributed by atoms with Crippen LogP contribution in [-0.4, -0.2) is 49.0 Å². The van der Waals surface area contributed by atoms with Crippen LogP contribution in [-0.2, 0) is 9.84 Å². The number of amides is 1. The smallest absolute Gasteiger partial charge is 0.273 e. The van der Waals surface area contributed by atoms with Crippen LogP contribution in [0.2, 0.25) is 5.02 Å². The molecule has 0 aliphatic heterocycles. The van der Waals surface area contributed by atoms with Crippen LogP contribution in [0.1, 0.15) is 17.4 Å². The van der Waals surface area contributed by atoms with E-state index in [1.54, 1.807) is 0 Å². The molecule has 17 heavy (non-hydrogen) atoms. The highest BCUT2D eigenvalue weighted by atomic mass is 35.5. The number of nitrogens with zero attached hydrogens (tertiary/aromatic N) is 3. The third-order valence-electron chi connectivity index (χ3n) is 1.99. The SMILES string of the molecule is CCS(=O)(=O)c1ncc(Cl)c(C(=O)N(C)C)n1. The Labute approximate surface area is 105 Å². The van der Waals surface area contributed by atoms with E-state index in [1.807, 2.05) is 0 Å². The van der Waals surface area contributed by atoms with E-state index in [0.29, 0.717) is 0 Å². The normalized spacial score (nSPS) is 11.3. The molecular formula is C9H12ClN3O3S. The van der Waals surface area contributed by atoms with Gasteiger partial charge in [0.15, 0.2) is 5.69 Å². The minimum absolute atomic E-state index is 0.0266. The van der Waals surface area contributed by atoms with Gasteiger partial charge in [-0.05, 0) is 0 Å². The molecule has 0 unspecified atom stereocenters. The molecule has 0 aliphatic rings. The standard InChI is InChI=1S/C9H12ClN3O3S/c1-4-17(15,16)9-11-5-6(10)7(12-9)8(14)13(2)3/h5H,4H2,1-3H3. The molecule has 0 saturated carbocycles. The topological polar surface area (TPSA) is 80.2 Å². The summed E-state index contributed by atoms with van der Waals surface area (Å²) in [5, 5.41) is -0.353. The van der Waals surface area contributed by atoms with Gasteiger partial charge in [-0.3, -0.25) is 4.79 Å². The number of carbonyl (C=O) groups is 1. The zero-order chi connectivity index (χ0) is 13.2. The fourth-order valence-electron chi connectivity index (χ4n) is 0.992. The van der Waals surface area contributed by atoms with E-state index in [2.05, 4.69) is 9.97 Å². The zero-order valence-corrected chi connectivity index (χ0v) is 11.2. The van der Waals surface area contributed by atoms with Crippen LogP contribution in [0.4, 0.5) is 0 Å². The number of hydrogen-bond acceptors (Lipinski definition) is 5. The van der Waals surface area contributed by atoms with Gasteiger partial charge >= 0.3 is 0 Å². The lowest BCUT2D eigenvalue weighted by atomic mass is 10.4. The molecule has 0 radical (unpaired) electrons. The average Bonchev–Trinajstić information content (AvgIpc) is 2.28. The summed E-state index contributed by atoms with van der Waals surface area (Å²) in [6.45, 7) is 1.47. The van der Waals surface area contributed by atoms with Gasteiger partial charge in [0.2, 0.25) is 15.0 Å². The molecule has 0 spiro atoms. The molecule has 1 amide bonds. The second kappa shape index (κ2) is 4.97. The van der Waals surface area contributed by atoms with E-state index in [1.165, 1.54) is 25.9 Å². The highest BCUT2D eigenvalue weighted by molar-refractivity contribution is 7.91. The Kier molecular flexibility index (Phi) is 4.05. The van der Waals surface area contributed by atoms with Crippen molar-refractivity contribution in [2.45, 2.75) is 12.1 Å². The second-order valence-corrected chi connectivity index (χ2v) is 6.03. The van der Waals surface area contributed by atoms with Gasteiger partial charge < -0.3 is 4.90 Å². The molecule has 0 atom stereocenters. The Hall–Kier alpha value is -1.21. The Morgan fingerprint density at radius 2 is 2.06 bits per heavy atom. The number of hydrogen-bond donors (Lipinski definition) is 0. The molecule has 0 bridgehead atoms. The van der Waals surface area contributed by atoms with E-state index in [4.69, 9.17) is 11.6 Å². The minimum atomic E-state index is -3.55. The maximum absolute atomic E-state index is 11.7. The Morgan fingerprint density at radius 1 is 1.47 bits per heavy atom. The monoisotopic (exact) mass is 277 g/mol. The van der Waals surface area contributed by atoms with E-state index < -0.39 is 15.7 Å². The van der Waals surface area contributed by atoms with Crippen molar-refractivity contribution >= 4 is 27.3 Å². The zero-order valence-electron chi connectivity index (χ0n) is 9.64. The van der Waals surface area contributed by atoms with Crippen molar-refractivity contribution in [2.75, 3.05) is 19.8 Å². The predicted molar refractivity (Wildman–Crippen MR) is 62.8 cm³/mol. The van der Waals surface area contributed by atoms with Crippen molar-refractivity contribution in [2.24, 2.45) is 0 Å². The molecule has 0 fully saturated rings. The summed E-state index contributed by atoms with van der Waals surface area (Å²) in [4.78, 5) is 20.3. The summed E-state index contributed by atoms with van der Waals surface area (Å²) in [5.41, 5.74) is -0.112. The van der Waals surface area contributed by atoms with Crippen molar-refractivity contribution in [3.05, 3.63) is 16.9 Å². The van der Waals surface area contributed by atoms with Crippen LogP contribution in [0, 0.1) is 0 Å². The summed E-state index contributed by atoms with van der Waals surface area (Å²) in [6, 6.07) is 0. The first-order valence-corrected chi connectivity index (χ1v) is 6.79. The van der Waals surface area contributed by atoms with Gasteiger partial charge in [0.25, 0.3) is 5.91 Å². The lowest BCUT2D eigenvalue weighted by Crippen LogP contribution is -2.24. The van der Waals surface area contributed by atoms with Gasteiger partial charge in [0.05, 0.1) is 17.0 Å². The van der Waals surface area contributed by atoms with E-state index in [9.17, 15) is 13.2 Å². The van der Waals surface area contributed by atoms with E-state index in [-0.39, 0.29) is 21.6 Å². The number of halogens is 1. The largest absolute Gasteiger partial charge is 0.343 e. The van der Waals surface area contributed by atoms with Crippen LogP contribution in [0.25, 0.3) is 0 Å². The van der Waals surface area contributed by atoms with Crippen molar-refractivity contribution in [1.29, 1.82) is 0 Å². The Balaban J connectivity index is 3.35. The maximum atomic E-state index is 11.7. The van der Waals surface area contributed by atoms with Crippen LogP contribution in [0.3, 0.4) is 0 Å². The van der Waals surface area contributed by atoms with Gasteiger partial charge in [0.1, 0.15) is 0 Å². The van der Waals surface area contributed by atoms with E-state index >= 15 is 0 Å². The number of carbonyl (C=O) groups excluding carboxylic acids is 1. The first-order chi connectivity index (χ1) is 7.79. The minimum Gasteiger partial charge on any atom is -0.343 e. The number of sulfone groups is 1. The first-order valence-electron chi connectivity index (χ1n) is 4.76. The highest BCUT2D eigenvalue weighted by Gasteiger charge is 2.21. The summed E-state index contributed by atoms with van der Waals surface area (Å²) in [7, 11) is -0.503. The van der Waals surface area contributed by atoms with E-state index in [0.717, 1.165) is 6.20 Å². The van der Waals surface area contributed by atoms with Gasteiger partial charge in [0, 0.05) is 14.1 Å². The Morgan fingerprint density at radius 3 is 2.53 bits per heavy atom. The predicted octanol–water partition coefficient (Wildman–Crippen LogP) is 0.625. The van der Waals surface area contributed by atoms with Crippen molar-refractivity contribution in [3.8, 4) is 0 Å². The molecule has 0 aromatic carbocycles.